The quantitative estimate of drug-likeness (QED) is 0.736. The topological polar surface area (TPSA) is 72.7 Å². The highest BCUT2D eigenvalue weighted by atomic mass is 32.2. The highest BCUT2D eigenvalue weighted by Gasteiger charge is 2.14. The molecule has 6 nitrogen and oxygen atoms in total. The maximum Gasteiger partial charge on any atom is 0.237 e. The van der Waals surface area contributed by atoms with Crippen LogP contribution in [0.15, 0.2) is 54.9 Å². The summed E-state index contributed by atoms with van der Waals surface area (Å²) in [5.41, 5.74) is 3.81. The Labute approximate surface area is 150 Å². The van der Waals surface area contributed by atoms with Crippen molar-refractivity contribution in [1.82, 2.24) is 20.2 Å². The number of hydrogen-bond acceptors (Lipinski definition) is 5. The summed E-state index contributed by atoms with van der Waals surface area (Å²) in [6, 6.07) is 15.8. The van der Waals surface area contributed by atoms with E-state index in [2.05, 4.69) is 33.0 Å². The van der Waals surface area contributed by atoms with Crippen molar-refractivity contribution in [3.8, 4) is 5.69 Å². The standard InChI is InChI=1S/C18H19N5OS/c1-13-8-9-16(10-17(13)23-12-19-21-22-23)20-18(24)14(2)25-11-15-6-4-3-5-7-15/h3-10,12,14H,11H2,1-2H3,(H,20,24). The molecule has 0 bridgehead atoms. The lowest BCUT2D eigenvalue weighted by atomic mass is 10.2. The molecule has 1 aromatic heterocycles. The SMILES string of the molecule is Cc1ccc(NC(=O)C(C)SCc2ccccc2)cc1-n1cnnn1. The number of aromatic nitrogens is 4. The molecule has 0 aliphatic carbocycles. The third-order valence-electron chi connectivity index (χ3n) is 3.78. The molecule has 1 unspecified atom stereocenters. The lowest BCUT2D eigenvalue weighted by Crippen LogP contribution is -2.22. The van der Waals surface area contributed by atoms with Gasteiger partial charge in [-0.1, -0.05) is 36.4 Å². The van der Waals surface area contributed by atoms with Gasteiger partial charge in [-0.05, 0) is 47.5 Å². The van der Waals surface area contributed by atoms with Gasteiger partial charge in [0.25, 0.3) is 0 Å². The van der Waals surface area contributed by atoms with Crippen LogP contribution in [-0.2, 0) is 10.5 Å². The lowest BCUT2D eigenvalue weighted by Gasteiger charge is -2.13. The Morgan fingerprint density at radius 3 is 2.76 bits per heavy atom. The van der Waals surface area contributed by atoms with Crippen LogP contribution in [0, 0.1) is 6.92 Å². The van der Waals surface area contributed by atoms with Gasteiger partial charge in [0.2, 0.25) is 5.91 Å². The van der Waals surface area contributed by atoms with E-state index in [0.717, 1.165) is 22.7 Å². The van der Waals surface area contributed by atoms with E-state index in [0.29, 0.717) is 0 Å². The second-order valence-electron chi connectivity index (χ2n) is 5.68. The number of nitrogens with zero attached hydrogens (tertiary/aromatic N) is 4. The van der Waals surface area contributed by atoms with E-state index in [9.17, 15) is 4.79 Å². The first-order valence-corrected chi connectivity index (χ1v) is 8.99. The number of thioether (sulfide) groups is 1. The van der Waals surface area contributed by atoms with Crippen LogP contribution in [0.1, 0.15) is 18.1 Å². The first-order valence-electron chi connectivity index (χ1n) is 7.94. The van der Waals surface area contributed by atoms with Gasteiger partial charge < -0.3 is 5.32 Å². The molecule has 25 heavy (non-hydrogen) atoms. The van der Waals surface area contributed by atoms with E-state index in [1.54, 1.807) is 16.4 Å². The van der Waals surface area contributed by atoms with Crippen LogP contribution in [0.3, 0.4) is 0 Å². The Bertz CT molecular complexity index is 836. The fraction of sp³-hybridized carbons (Fsp3) is 0.222. The van der Waals surface area contributed by atoms with E-state index in [4.69, 9.17) is 0 Å². The predicted octanol–water partition coefficient (Wildman–Crippen LogP) is 3.23. The van der Waals surface area contributed by atoms with E-state index in [1.165, 1.54) is 11.9 Å². The number of tetrazole rings is 1. The number of carbonyl (C=O) groups is 1. The van der Waals surface area contributed by atoms with E-state index < -0.39 is 0 Å². The summed E-state index contributed by atoms with van der Waals surface area (Å²) in [6.45, 7) is 3.89. The van der Waals surface area contributed by atoms with Crippen LogP contribution in [0.5, 0.6) is 0 Å². The summed E-state index contributed by atoms with van der Waals surface area (Å²) >= 11 is 1.61. The maximum atomic E-state index is 12.4. The van der Waals surface area contributed by atoms with Crippen molar-refractivity contribution in [2.24, 2.45) is 0 Å². The fourth-order valence-corrected chi connectivity index (χ4v) is 3.17. The zero-order chi connectivity index (χ0) is 17.6. The van der Waals surface area contributed by atoms with Gasteiger partial charge in [-0.2, -0.15) is 0 Å². The third kappa shape index (κ3) is 4.45. The molecule has 0 aliphatic rings. The smallest absolute Gasteiger partial charge is 0.237 e. The van der Waals surface area contributed by atoms with Gasteiger partial charge >= 0.3 is 0 Å². The highest BCUT2D eigenvalue weighted by Crippen LogP contribution is 2.21. The molecule has 0 radical (unpaired) electrons. The molecule has 1 N–H and O–H groups in total. The van der Waals surface area contributed by atoms with Gasteiger partial charge in [-0.15, -0.1) is 16.9 Å². The molecular formula is C18H19N5OS. The molecule has 3 aromatic rings. The van der Waals surface area contributed by atoms with Gasteiger partial charge in [-0.3, -0.25) is 4.79 Å². The summed E-state index contributed by atoms with van der Waals surface area (Å²) < 4.78 is 1.58. The number of aryl methyl sites for hydroxylation is 1. The van der Waals surface area contributed by atoms with Crippen LogP contribution >= 0.6 is 11.8 Å². The van der Waals surface area contributed by atoms with Crippen molar-refractivity contribution in [2.75, 3.05) is 5.32 Å². The Hall–Kier alpha value is -2.67. The molecule has 3 rings (SSSR count). The first-order chi connectivity index (χ1) is 12.1. The number of amides is 1. The number of carbonyl (C=O) groups excluding carboxylic acids is 1. The lowest BCUT2D eigenvalue weighted by molar-refractivity contribution is -0.115. The van der Waals surface area contributed by atoms with E-state index >= 15 is 0 Å². The first kappa shape index (κ1) is 17.2. The molecule has 0 saturated heterocycles. The number of anilines is 1. The summed E-state index contributed by atoms with van der Waals surface area (Å²) in [5, 5.41) is 14.0. The Kier molecular flexibility index (Phi) is 5.45. The largest absolute Gasteiger partial charge is 0.325 e. The molecule has 0 fully saturated rings. The van der Waals surface area contributed by atoms with Crippen molar-refractivity contribution in [1.29, 1.82) is 0 Å². The fourth-order valence-electron chi connectivity index (χ4n) is 2.32. The van der Waals surface area contributed by atoms with Crippen molar-refractivity contribution in [2.45, 2.75) is 24.9 Å². The number of rotatable bonds is 6. The molecule has 7 heteroatoms. The van der Waals surface area contributed by atoms with Gasteiger partial charge in [0.15, 0.2) is 0 Å². The molecular weight excluding hydrogens is 334 g/mol. The maximum absolute atomic E-state index is 12.4. The number of nitrogens with one attached hydrogen (secondary N) is 1. The molecule has 128 valence electrons. The average molecular weight is 353 g/mol. The van der Waals surface area contributed by atoms with Crippen LogP contribution in [0.2, 0.25) is 0 Å². The Balaban J connectivity index is 1.63. The third-order valence-corrected chi connectivity index (χ3v) is 5.00. The number of hydrogen-bond donors (Lipinski definition) is 1. The van der Waals surface area contributed by atoms with Crippen LogP contribution in [0.25, 0.3) is 5.69 Å². The van der Waals surface area contributed by atoms with Crippen molar-refractivity contribution < 1.29 is 4.79 Å². The minimum absolute atomic E-state index is 0.0209. The second-order valence-corrected chi connectivity index (χ2v) is 7.01. The van der Waals surface area contributed by atoms with Crippen LogP contribution < -0.4 is 5.32 Å². The van der Waals surface area contributed by atoms with Crippen molar-refractivity contribution in [3.63, 3.8) is 0 Å². The average Bonchev–Trinajstić information content (AvgIpc) is 3.16. The van der Waals surface area contributed by atoms with Crippen LogP contribution in [-0.4, -0.2) is 31.4 Å². The molecule has 0 saturated carbocycles. The highest BCUT2D eigenvalue weighted by molar-refractivity contribution is 7.99. The molecule has 1 atom stereocenters. The molecule has 0 aliphatic heterocycles. The summed E-state index contributed by atoms with van der Waals surface area (Å²) in [6.07, 6.45) is 1.53. The van der Waals surface area contributed by atoms with Gasteiger partial charge in [-0.25, -0.2) is 4.68 Å². The summed E-state index contributed by atoms with van der Waals surface area (Å²) in [4.78, 5) is 12.4. The van der Waals surface area contributed by atoms with E-state index in [-0.39, 0.29) is 11.2 Å². The normalized spacial score (nSPS) is 11.9. The number of benzene rings is 2. The monoisotopic (exact) mass is 353 g/mol. The van der Waals surface area contributed by atoms with Crippen LogP contribution in [0.4, 0.5) is 5.69 Å². The minimum Gasteiger partial charge on any atom is -0.325 e. The zero-order valence-corrected chi connectivity index (χ0v) is 14.9. The van der Waals surface area contributed by atoms with Gasteiger partial charge in [0.05, 0.1) is 10.9 Å². The molecule has 0 spiro atoms. The van der Waals surface area contributed by atoms with Crippen molar-refractivity contribution in [3.05, 3.63) is 66.0 Å². The minimum atomic E-state index is -0.155. The van der Waals surface area contributed by atoms with Gasteiger partial charge in [0.1, 0.15) is 6.33 Å². The molecule has 1 heterocycles. The van der Waals surface area contributed by atoms with Crippen molar-refractivity contribution >= 4 is 23.4 Å². The van der Waals surface area contributed by atoms with Gasteiger partial charge in [0, 0.05) is 11.4 Å². The summed E-state index contributed by atoms with van der Waals surface area (Å²) in [7, 11) is 0. The Morgan fingerprint density at radius 2 is 2.04 bits per heavy atom. The Morgan fingerprint density at radius 1 is 1.24 bits per heavy atom. The predicted molar refractivity (Wildman–Crippen MR) is 99.7 cm³/mol. The second kappa shape index (κ2) is 7.94. The summed E-state index contributed by atoms with van der Waals surface area (Å²) in [5.74, 6) is 0.784. The zero-order valence-electron chi connectivity index (χ0n) is 14.1. The van der Waals surface area contributed by atoms with E-state index in [1.807, 2.05) is 50.2 Å². The molecule has 2 aromatic carbocycles. The molecule has 1 amide bonds.